The van der Waals surface area contributed by atoms with E-state index >= 15 is 0 Å². The highest BCUT2D eigenvalue weighted by Crippen LogP contribution is 2.41. The van der Waals surface area contributed by atoms with Crippen LogP contribution in [0.3, 0.4) is 0 Å². The van der Waals surface area contributed by atoms with Crippen LogP contribution in [0.5, 0.6) is 0 Å². The highest BCUT2D eigenvalue weighted by Gasteiger charge is 2.39. The summed E-state index contributed by atoms with van der Waals surface area (Å²) in [7, 11) is 0. The molecule has 2 nitrogen and oxygen atoms in total. The van der Waals surface area contributed by atoms with E-state index in [1.54, 1.807) is 12.1 Å². The Kier molecular flexibility index (Phi) is 4.08. The molecule has 1 aromatic rings. The van der Waals surface area contributed by atoms with Gasteiger partial charge >= 0.3 is 0 Å². The number of benzene rings is 1. The summed E-state index contributed by atoms with van der Waals surface area (Å²) in [5.74, 6) is 0.681. The number of nitrogens with zero attached hydrogens (tertiary/aromatic N) is 1. The van der Waals surface area contributed by atoms with Gasteiger partial charge in [-0.15, -0.1) is 0 Å². The summed E-state index contributed by atoms with van der Waals surface area (Å²) in [6.07, 6.45) is 6.66. The molecule has 1 aliphatic heterocycles. The molecule has 0 spiro atoms. The number of hydrogen-bond acceptors (Lipinski definition) is 2. The second kappa shape index (κ2) is 5.82. The van der Waals surface area contributed by atoms with Crippen molar-refractivity contribution in [3.05, 3.63) is 35.6 Å². The van der Waals surface area contributed by atoms with Crippen LogP contribution in [0.1, 0.15) is 50.6 Å². The van der Waals surface area contributed by atoms with Gasteiger partial charge in [0.1, 0.15) is 5.82 Å². The molecule has 0 bridgehead atoms. The van der Waals surface area contributed by atoms with E-state index in [2.05, 4.69) is 11.8 Å². The number of halogens is 1. The van der Waals surface area contributed by atoms with Gasteiger partial charge in [0.15, 0.2) is 0 Å². The summed E-state index contributed by atoms with van der Waals surface area (Å²) in [4.78, 5) is 2.61. The molecule has 1 saturated heterocycles. The largest absolute Gasteiger partial charge is 0.326 e. The van der Waals surface area contributed by atoms with Crippen LogP contribution >= 0.6 is 0 Å². The van der Waals surface area contributed by atoms with E-state index in [1.165, 1.54) is 32.1 Å². The molecule has 3 rings (SSSR count). The van der Waals surface area contributed by atoms with Crippen LogP contribution in [-0.4, -0.2) is 23.5 Å². The maximum atomic E-state index is 13.2. The normalized spacial score (nSPS) is 29.9. The Morgan fingerprint density at radius 2 is 1.85 bits per heavy atom. The molecule has 1 saturated carbocycles. The first kappa shape index (κ1) is 14.0. The standard InChI is InChI=1S/C17H25FN2/c1-12(19)17(14-7-9-15(18)10-8-14)20-11-3-5-13-4-2-6-16(13)20/h7-10,12-13,16-17H,2-6,11,19H2,1H3. The lowest BCUT2D eigenvalue weighted by molar-refractivity contribution is 0.0571. The Labute approximate surface area is 121 Å². The third-order valence-electron chi connectivity index (χ3n) is 5.10. The van der Waals surface area contributed by atoms with Crippen LogP contribution in [0.4, 0.5) is 4.39 Å². The monoisotopic (exact) mass is 276 g/mol. The van der Waals surface area contributed by atoms with Crippen LogP contribution in [0.25, 0.3) is 0 Å². The van der Waals surface area contributed by atoms with Gasteiger partial charge in [-0.3, -0.25) is 4.90 Å². The van der Waals surface area contributed by atoms with Crippen molar-refractivity contribution in [1.29, 1.82) is 0 Å². The van der Waals surface area contributed by atoms with Crippen molar-refractivity contribution in [3.8, 4) is 0 Å². The first-order valence-electron chi connectivity index (χ1n) is 7.93. The number of nitrogens with two attached hydrogens (primary N) is 1. The van der Waals surface area contributed by atoms with E-state index in [9.17, 15) is 4.39 Å². The minimum atomic E-state index is -0.172. The minimum absolute atomic E-state index is 0.0693. The van der Waals surface area contributed by atoms with Crippen LogP contribution in [0, 0.1) is 11.7 Å². The third-order valence-corrected chi connectivity index (χ3v) is 5.10. The number of hydrogen-bond donors (Lipinski definition) is 1. The first-order chi connectivity index (χ1) is 9.66. The zero-order chi connectivity index (χ0) is 14.1. The fourth-order valence-corrected chi connectivity index (χ4v) is 4.29. The molecule has 2 N–H and O–H groups in total. The van der Waals surface area contributed by atoms with E-state index in [0.717, 1.165) is 18.0 Å². The SMILES string of the molecule is CC(N)C(c1ccc(F)cc1)N1CCCC2CCCC21. The van der Waals surface area contributed by atoms with E-state index in [1.807, 2.05) is 12.1 Å². The fraction of sp³-hybridized carbons (Fsp3) is 0.647. The highest BCUT2D eigenvalue weighted by atomic mass is 19.1. The molecule has 0 radical (unpaired) electrons. The van der Waals surface area contributed by atoms with Crippen molar-refractivity contribution < 1.29 is 4.39 Å². The third kappa shape index (κ3) is 2.61. The molecule has 4 atom stereocenters. The number of piperidine rings is 1. The Morgan fingerprint density at radius 3 is 2.55 bits per heavy atom. The first-order valence-corrected chi connectivity index (χ1v) is 7.93. The smallest absolute Gasteiger partial charge is 0.123 e. The second-order valence-electron chi connectivity index (χ2n) is 6.49. The van der Waals surface area contributed by atoms with Crippen LogP contribution in [0.15, 0.2) is 24.3 Å². The summed E-state index contributed by atoms with van der Waals surface area (Å²) < 4.78 is 13.2. The summed E-state index contributed by atoms with van der Waals surface area (Å²) in [6.45, 7) is 3.21. The van der Waals surface area contributed by atoms with Crippen molar-refractivity contribution in [2.45, 2.75) is 57.2 Å². The quantitative estimate of drug-likeness (QED) is 0.916. The summed E-state index contributed by atoms with van der Waals surface area (Å²) in [5.41, 5.74) is 7.45. The molecule has 4 unspecified atom stereocenters. The molecule has 1 heterocycles. The van der Waals surface area contributed by atoms with E-state index < -0.39 is 0 Å². The molecule has 20 heavy (non-hydrogen) atoms. The zero-order valence-corrected chi connectivity index (χ0v) is 12.3. The van der Waals surface area contributed by atoms with E-state index in [4.69, 9.17) is 5.73 Å². The Balaban J connectivity index is 1.88. The van der Waals surface area contributed by atoms with Crippen LogP contribution < -0.4 is 5.73 Å². The van der Waals surface area contributed by atoms with Crippen molar-refractivity contribution in [3.63, 3.8) is 0 Å². The van der Waals surface area contributed by atoms with Crippen molar-refractivity contribution in [1.82, 2.24) is 4.90 Å². The Bertz CT molecular complexity index is 443. The van der Waals surface area contributed by atoms with Gasteiger partial charge in [0.2, 0.25) is 0 Å². The molecule has 110 valence electrons. The molecule has 0 amide bonds. The van der Waals surface area contributed by atoms with Gasteiger partial charge < -0.3 is 5.73 Å². The second-order valence-corrected chi connectivity index (χ2v) is 6.49. The molecule has 1 aromatic carbocycles. The van der Waals surface area contributed by atoms with E-state index in [-0.39, 0.29) is 17.9 Å². The molecular formula is C17H25FN2. The predicted octanol–water partition coefficient (Wildman–Crippen LogP) is 3.48. The van der Waals surface area contributed by atoms with Gasteiger partial charge in [-0.25, -0.2) is 4.39 Å². The molecule has 3 heteroatoms. The van der Waals surface area contributed by atoms with Crippen LogP contribution in [-0.2, 0) is 0 Å². The summed E-state index contributed by atoms with van der Waals surface area (Å²) >= 11 is 0. The zero-order valence-electron chi connectivity index (χ0n) is 12.3. The lowest BCUT2D eigenvalue weighted by Gasteiger charge is -2.44. The van der Waals surface area contributed by atoms with Crippen molar-refractivity contribution in [2.24, 2.45) is 11.7 Å². The molecule has 2 aliphatic rings. The predicted molar refractivity (Wildman–Crippen MR) is 79.9 cm³/mol. The van der Waals surface area contributed by atoms with Crippen molar-refractivity contribution in [2.75, 3.05) is 6.54 Å². The maximum Gasteiger partial charge on any atom is 0.123 e. The average molecular weight is 276 g/mol. The maximum absolute atomic E-state index is 13.2. The van der Waals surface area contributed by atoms with Gasteiger partial charge in [-0.1, -0.05) is 18.6 Å². The van der Waals surface area contributed by atoms with Crippen molar-refractivity contribution >= 4 is 0 Å². The lowest BCUT2D eigenvalue weighted by Crippen LogP contribution is -2.49. The minimum Gasteiger partial charge on any atom is -0.326 e. The summed E-state index contributed by atoms with van der Waals surface area (Å²) in [6, 6.07) is 7.90. The van der Waals surface area contributed by atoms with Gasteiger partial charge in [-0.05, 0) is 62.8 Å². The fourth-order valence-electron chi connectivity index (χ4n) is 4.29. The highest BCUT2D eigenvalue weighted by molar-refractivity contribution is 5.22. The number of likely N-dealkylation sites (tertiary alicyclic amines) is 1. The molecule has 2 fully saturated rings. The lowest BCUT2D eigenvalue weighted by atomic mass is 9.87. The summed E-state index contributed by atoms with van der Waals surface area (Å²) in [5, 5.41) is 0. The number of rotatable bonds is 3. The van der Waals surface area contributed by atoms with Gasteiger partial charge in [0.25, 0.3) is 0 Å². The Morgan fingerprint density at radius 1 is 1.15 bits per heavy atom. The average Bonchev–Trinajstić information content (AvgIpc) is 2.90. The van der Waals surface area contributed by atoms with Gasteiger partial charge in [0.05, 0.1) is 0 Å². The Hall–Kier alpha value is -0.930. The molecular weight excluding hydrogens is 251 g/mol. The number of fused-ring (bicyclic) bond motifs is 1. The van der Waals surface area contributed by atoms with Crippen LogP contribution in [0.2, 0.25) is 0 Å². The molecule has 0 aromatic heterocycles. The van der Waals surface area contributed by atoms with Gasteiger partial charge in [0, 0.05) is 18.1 Å². The molecule has 1 aliphatic carbocycles. The van der Waals surface area contributed by atoms with E-state index in [0.29, 0.717) is 6.04 Å². The topological polar surface area (TPSA) is 29.3 Å². The van der Waals surface area contributed by atoms with Gasteiger partial charge in [-0.2, -0.15) is 0 Å².